The highest BCUT2D eigenvalue weighted by Crippen LogP contribution is 2.16. The van der Waals surface area contributed by atoms with Crippen LogP contribution in [0.5, 0.6) is 0 Å². The van der Waals surface area contributed by atoms with Crippen LogP contribution in [0.4, 0.5) is 0 Å². The lowest BCUT2D eigenvalue weighted by atomic mass is 10.3. The van der Waals surface area contributed by atoms with Crippen LogP contribution in [-0.2, 0) is 0 Å². The summed E-state index contributed by atoms with van der Waals surface area (Å²) in [5.74, 6) is 2.36. The molecule has 0 amide bonds. The third-order valence-electron chi connectivity index (χ3n) is 1.59. The zero-order valence-corrected chi connectivity index (χ0v) is 6.96. The fourth-order valence-electron chi connectivity index (χ4n) is 1.03. The van der Waals surface area contributed by atoms with Gasteiger partial charge in [-0.25, -0.2) is 4.98 Å². The monoisotopic (exact) mass is 163 g/mol. The number of hydrogen-bond acceptors (Lipinski definition) is 3. The fraction of sp³-hybridized carbons (Fsp3) is 0.250. The van der Waals surface area contributed by atoms with E-state index in [1.165, 1.54) is 0 Å². The van der Waals surface area contributed by atoms with Crippen LogP contribution in [0.25, 0.3) is 11.4 Å². The molecule has 0 fully saturated rings. The summed E-state index contributed by atoms with van der Waals surface area (Å²) in [5.41, 5.74) is 0.914. The standard InChI is InChI=1S/C8H9N3O/c1-5-3-7(4-12-5)8-9-6(2)10-11-8/h3-4H,1-2H3,(H,9,10,11). The number of rotatable bonds is 1. The Morgan fingerprint density at radius 2 is 2.25 bits per heavy atom. The molecule has 0 aliphatic carbocycles. The molecule has 0 saturated heterocycles. The van der Waals surface area contributed by atoms with Gasteiger partial charge in [0.05, 0.1) is 5.56 Å². The van der Waals surface area contributed by atoms with Crippen molar-refractivity contribution in [3.8, 4) is 11.4 Å². The van der Waals surface area contributed by atoms with Gasteiger partial charge < -0.3 is 4.42 Å². The third-order valence-corrected chi connectivity index (χ3v) is 1.59. The van der Waals surface area contributed by atoms with Crippen LogP contribution in [0, 0.1) is 13.8 Å². The SMILES string of the molecule is Cc1nc(-c2coc(C)c2)n[nH]1. The van der Waals surface area contributed by atoms with E-state index in [0.29, 0.717) is 5.82 Å². The van der Waals surface area contributed by atoms with Crippen LogP contribution in [-0.4, -0.2) is 15.2 Å². The van der Waals surface area contributed by atoms with E-state index in [-0.39, 0.29) is 0 Å². The predicted octanol–water partition coefficient (Wildman–Crippen LogP) is 1.68. The molecule has 0 unspecified atom stereocenters. The van der Waals surface area contributed by atoms with E-state index >= 15 is 0 Å². The average Bonchev–Trinajstić information content (AvgIpc) is 2.58. The highest BCUT2D eigenvalue weighted by molar-refractivity contribution is 5.52. The maximum atomic E-state index is 5.13. The molecule has 62 valence electrons. The Hall–Kier alpha value is -1.58. The maximum Gasteiger partial charge on any atom is 0.184 e. The number of H-pyrrole nitrogens is 1. The summed E-state index contributed by atoms with van der Waals surface area (Å²) in [6.07, 6.45) is 1.65. The molecule has 0 atom stereocenters. The van der Waals surface area contributed by atoms with Crippen molar-refractivity contribution in [2.24, 2.45) is 0 Å². The Morgan fingerprint density at radius 3 is 2.75 bits per heavy atom. The number of aromatic nitrogens is 3. The molecule has 0 aliphatic heterocycles. The summed E-state index contributed by atoms with van der Waals surface area (Å²) in [4.78, 5) is 4.17. The van der Waals surface area contributed by atoms with Gasteiger partial charge in [0, 0.05) is 0 Å². The Labute approximate surface area is 69.6 Å². The van der Waals surface area contributed by atoms with Gasteiger partial charge >= 0.3 is 0 Å². The maximum absolute atomic E-state index is 5.13. The van der Waals surface area contributed by atoms with Crippen molar-refractivity contribution in [3.63, 3.8) is 0 Å². The summed E-state index contributed by atoms with van der Waals surface area (Å²) in [6.45, 7) is 3.76. The summed E-state index contributed by atoms with van der Waals surface area (Å²) >= 11 is 0. The topological polar surface area (TPSA) is 54.7 Å². The summed E-state index contributed by atoms with van der Waals surface area (Å²) in [6, 6.07) is 1.91. The van der Waals surface area contributed by atoms with Gasteiger partial charge in [0.1, 0.15) is 17.8 Å². The van der Waals surface area contributed by atoms with E-state index in [9.17, 15) is 0 Å². The largest absolute Gasteiger partial charge is 0.469 e. The van der Waals surface area contributed by atoms with Gasteiger partial charge in [0.2, 0.25) is 0 Å². The first-order valence-electron chi connectivity index (χ1n) is 3.70. The molecule has 2 rings (SSSR count). The first-order valence-corrected chi connectivity index (χ1v) is 3.70. The lowest BCUT2D eigenvalue weighted by Crippen LogP contribution is -1.75. The number of nitrogens with one attached hydrogen (secondary N) is 1. The van der Waals surface area contributed by atoms with Crippen molar-refractivity contribution in [2.75, 3.05) is 0 Å². The lowest BCUT2D eigenvalue weighted by Gasteiger charge is -1.81. The molecule has 0 spiro atoms. The third kappa shape index (κ3) is 1.11. The van der Waals surface area contributed by atoms with Crippen molar-refractivity contribution in [1.29, 1.82) is 0 Å². The molecule has 1 N–H and O–H groups in total. The summed E-state index contributed by atoms with van der Waals surface area (Å²) < 4.78 is 5.13. The molecule has 2 aromatic heterocycles. The molecule has 0 radical (unpaired) electrons. The van der Waals surface area contributed by atoms with Gasteiger partial charge in [-0.15, -0.1) is 0 Å². The Kier molecular flexibility index (Phi) is 1.46. The van der Waals surface area contributed by atoms with Crippen LogP contribution >= 0.6 is 0 Å². The quantitative estimate of drug-likeness (QED) is 0.695. The minimum Gasteiger partial charge on any atom is -0.469 e. The predicted molar refractivity (Wildman–Crippen MR) is 43.6 cm³/mol. The molecule has 4 nitrogen and oxygen atoms in total. The zero-order valence-electron chi connectivity index (χ0n) is 6.96. The van der Waals surface area contributed by atoms with Crippen LogP contribution in [0.3, 0.4) is 0 Å². The number of hydrogen-bond donors (Lipinski definition) is 1. The molecule has 2 aromatic rings. The van der Waals surface area contributed by atoms with Gasteiger partial charge in [0.25, 0.3) is 0 Å². The highest BCUT2D eigenvalue weighted by atomic mass is 16.3. The molecule has 0 bridgehead atoms. The van der Waals surface area contributed by atoms with E-state index in [1.54, 1.807) is 6.26 Å². The van der Waals surface area contributed by atoms with Crippen molar-refractivity contribution >= 4 is 0 Å². The Morgan fingerprint density at radius 1 is 1.42 bits per heavy atom. The van der Waals surface area contributed by atoms with Crippen molar-refractivity contribution in [1.82, 2.24) is 15.2 Å². The minimum atomic E-state index is 0.685. The molecule has 0 aromatic carbocycles. The minimum absolute atomic E-state index is 0.685. The number of aryl methyl sites for hydroxylation is 2. The second kappa shape index (κ2) is 2.48. The fourth-order valence-corrected chi connectivity index (χ4v) is 1.03. The van der Waals surface area contributed by atoms with Crippen LogP contribution in [0.15, 0.2) is 16.7 Å². The molecular formula is C8H9N3O. The van der Waals surface area contributed by atoms with E-state index < -0.39 is 0 Å². The van der Waals surface area contributed by atoms with Gasteiger partial charge in [0.15, 0.2) is 5.82 Å². The highest BCUT2D eigenvalue weighted by Gasteiger charge is 2.05. The van der Waals surface area contributed by atoms with Crippen molar-refractivity contribution < 1.29 is 4.42 Å². The van der Waals surface area contributed by atoms with Crippen LogP contribution in [0.2, 0.25) is 0 Å². The van der Waals surface area contributed by atoms with E-state index in [4.69, 9.17) is 4.42 Å². The summed E-state index contributed by atoms with van der Waals surface area (Å²) in [5, 5.41) is 6.78. The van der Waals surface area contributed by atoms with E-state index in [1.807, 2.05) is 19.9 Å². The number of nitrogens with zero attached hydrogens (tertiary/aromatic N) is 2. The first kappa shape index (κ1) is 7.09. The number of furan rings is 1. The van der Waals surface area contributed by atoms with Gasteiger partial charge in [-0.05, 0) is 19.9 Å². The average molecular weight is 163 g/mol. The van der Waals surface area contributed by atoms with Crippen LogP contribution in [0.1, 0.15) is 11.6 Å². The smallest absolute Gasteiger partial charge is 0.184 e. The number of aromatic amines is 1. The van der Waals surface area contributed by atoms with Crippen molar-refractivity contribution in [2.45, 2.75) is 13.8 Å². The first-order chi connectivity index (χ1) is 5.75. The van der Waals surface area contributed by atoms with Gasteiger partial charge in [-0.2, -0.15) is 5.10 Å². The summed E-state index contributed by atoms with van der Waals surface area (Å²) in [7, 11) is 0. The Balaban J connectivity index is 2.43. The van der Waals surface area contributed by atoms with E-state index in [0.717, 1.165) is 17.1 Å². The lowest BCUT2D eigenvalue weighted by molar-refractivity contribution is 0.534. The molecule has 4 heteroatoms. The Bertz CT molecular complexity index is 350. The zero-order chi connectivity index (χ0) is 8.55. The molecule has 2 heterocycles. The van der Waals surface area contributed by atoms with Crippen molar-refractivity contribution in [3.05, 3.63) is 23.9 Å². The second-order valence-electron chi connectivity index (χ2n) is 2.69. The normalized spacial score (nSPS) is 10.5. The molecule has 0 saturated carbocycles. The van der Waals surface area contributed by atoms with Crippen LogP contribution < -0.4 is 0 Å². The molecule has 12 heavy (non-hydrogen) atoms. The second-order valence-corrected chi connectivity index (χ2v) is 2.69. The van der Waals surface area contributed by atoms with E-state index in [2.05, 4.69) is 15.2 Å². The molecule has 0 aliphatic rings. The van der Waals surface area contributed by atoms with Gasteiger partial charge in [-0.3, -0.25) is 5.10 Å². The molecular weight excluding hydrogens is 154 g/mol. The van der Waals surface area contributed by atoms with Gasteiger partial charge in [-0.1, -0.05) is 0 Å².